The van der Waals surface area contributed by atoms with Crippen molar-refractivity contribution < 1.29 is 4.74 Å². The lowest BCUT2D eigenvalue weighted by molar-refractivity contribution is 0.206. The van der Waals surface area contributed by atoms with Crippen LogP contribution in [-0.4, -0.2) is 27.3 Å². The summed E-state index contributed by atoms with van der Waals surface area (Å²) in [5.74, 6) is 0. The molecule has 0 radical (unpaired) electrons. The van der Waals surface area contributed by atoms with Gasteiger partial charge in [-0.15, -0.1) is 0 Å². The van der Waals surface area contributed by atoms with Crippen LogP contribution < -0.4 is 4.90 Å². The Morgan fingerprint density at radius 1 is 1.43 bits per heavy atom. The molecule has 0 aliphatic heterocycles. The van der Waals surface area contributed by atoms with Crippen LogP contribution in [-0.2, 0) is 4.74 Å². The number of ether oxygens (including phenoxy) is 1. The number of aryl methyl sites for hydroxylation is 1. The van der Waals surface area contributed by atoms with Crippen molar-refractivity contribution >= 4 is 21.6 Å². The Hall–Kier alpha value is -0.540. The minimum absolute atomic E-state index is 0.752. The number of anilines is 1. The van der Waals surface area contributed by atoms with E-state index in [4.69, 9.17) is 4.74 Å². The van der Waals surface area contributed by atoms with Crippen LogP contribution >= 0.6 is 15.9 Å². The van der Waals surface area contributed by atoms with Crippen molar-refractivity contribution in [3.63, 3.8) is 0 Å². The zero-order valence-electron chi connectivity index (χ0n) is 8.88. The van der Waals surface area contributed by atoms with Gasteiger partial charge in [0.25, 0.3) is 0 Å². The van der Waals surface area contributed by atoms with Gasteiger partial charge in [0.05, 0.1) is 6.61 Å². The maximum atomic E-state index is 5.03. The number of hydrogen-bond donors (Lipinski definition) is 0. The molecule has 2 nitrogen and oxygen atoms in total. The predicted octanol–water partition coefficient (Wildman–Crippen LogP) is 2.84. The highest BCUT2D eigenvalue weighted by Gasteiger charge is 2.02. The lowest BCUT2D eigenvalue weighted by Crippen LogP contribution is -2.21. The third-order valence-electron chi connectivity index (χ3n) is 2.23. The molecule has 1 aromatic rings. The van der Waals surface area contributed by atoms with Crippen LogP contribution in [0.5, 0.6) is 0 Å². The predicted molar refractivity (Wildman–Crippen MR) is 64.0 cm³/mol. The van der Waals surface area contributed by atoms with Crippen molar-refractivity contribution in [3.05, 3.63) is 28.2 Å². The Balaban J connectivity index is 2.70. The van der Waals surface area contributed by atoms with Gasteiger partial charge < -0.3 is 9.64 Å². The molecule has 0 fully saturated rings. The van der Waals surface area contributed by atoms with Gasteiger partial charge in [-0.05, 0) is 24.6 Å². The summed E-state index contributed by atoms with van der Waals surface area (Å²) in [7, 11) is 3.79. The standard InChI is InChI=1S/C11H16BrNO/c1-9-4-5-10(8-11(9)12)13(2)6-7-14-3/h4-5,8H,6-7H2,1-3H3. The van der Waals surface area contributed by atoms with Gasteiger partial charge in [-0.25, -0.2) is 0 Å². The number of hydrogen-bond acceptors (Lipinski definition) is 2. The van der Waals surface area contributed by atoms with Crippen molar-refractivity contribution in [2.45, 2.75) is 6.92 Å². The average Bonchev–Trinajstić information content (AvgIpc) is 2.18. The third kappa shape index (κ3) is 3.00. The van der Waals surface area contributed by atoms with Gasteiger partial charge in [0, 0.05) is 30.9 Å². The van der Waals surface area contributed by atoms with Crippen LogP contribution in [0.3, 0.4) is 0 Å². The molecule has 1 rings (SSSR count). The molecule has 0 aromatic heterocycles. The van der Waals surface area contributed by atoms with E-state index in [0.717, 1.165) is 17.6 Å². The monoisotopic (exact) mass is 257 g/mol. The van der Waals surface area contributed by atoms with Crippen LogP contribution in [0.4, 0.5) is 5.69 Å². The molecule has 0 saturated carbocycles. The Kier molecular flexibility index (Phi) is 4.42. The third-order valence-corrected chi connectivity index (χ3v) is 3.08. The second kappa shape index (κ2) is 5.37. The van der Waals surface area contributed by atoms with Crippen LogP contribution in [0.15, 0.2) is 22.7 Å². The molecule has 1 aromatic carbocycles. The fourth-order valence-corrected chi connectivity index (χ4v) is 1.54. The Morgan fingerprint density at radius 3 is 2.71 bits per heavy atom. The lowest BCUT2D eigenvalue weighted by atomic mass is 10.2. The van der Waals surface area contributed by atoms with Gasteiger partial charge in [-0.2, -0.15) is 0 Å². The van der Waals surface area contributed by atoms with Crippen molar-refractivity contribution in [2.75, 3.05) is 32.2 Å². The summed E-state index contributed by atoms with van der Waals surface area (Å²) in [6.07, 6.45) is 0. The fraction of sp³-hybridized carbons (Fsp3) is 0.455. The van der Waals surface area contributed by atoms with Crippen LogP contribution in [0.1, 0.15) is 5.56 Å². The summed E-state index contributed by atoms with van der Waals surface area (Å²) in [6.45, 7) is 3.75. The van der Waals surface area contributed by atoms with Gasteiger partial charge in [-0.1, -0.05) is 22.0 Å². The summed E-state index contributed by atoms with van der Waals surface area (Å²) >= 11 is 3.52. The van der Waals surface area contributed by atoms with Gasteiger partial charge in [0.2, 0.25) is 0 Å². The Morgan fingerprint density at radius 2 is 2.14 bits per heavy atom. The van der Waals surface area contributed by atoms with E-state index in [0.29, 0.717) is 0 Å². The van der Waals surface area contributed by atoms with Gasteiger partial charge >= 0.3 is 0 Å². The van der Waals surface area contributed by atoms with Gasteiger partial charge in [0.1, 0.15) is 0 Å². The molecule has 0 unspecified atom stereocenters. The second-order valence-corrected chi connectivity index (χ2v) is 4.20. The summed E-state index contributed by atoms with van der Waals surface area (Å²) in [5.41, 5.74) is 2.47. The van der Waals surface area contributed by atoms with Crippen molar-refractivity contribution in [1.82, 2.24) is 0 Å². The molecule has 0 aliphatic rings. The molecular formula is C11H16BrNO. The molecule has 0 N–H and O–H groups in total. The highest BCUT2D eigenvalue weighted by atomic mass is 79.9. The SMILES string of the molecule is COCCN(C)c1ccc(C)c(Br)c1. The average molecular weight is 258 g/mol. The van der Waals surface area contributed by atoms with E-state index in [1.807, 2.05) is 0 Å². The zero-order chi connectivity index (χ0) is 10.6. The van der Waals surface area contributed by atoms with Crippen molar-refractivity contribution in [1.29, 1.82) is 0 Å². The van der Waals surface area contributed by atoms with Crippen LogP contribution in [0.25, 0.3) is 0 Å². The molecule has 78 valence electrons. The normalized spacial score (nSPS) is 10.3. The molecule has 0 saturated heterocycles. The van der Waals surface area contributed by atoms with Crippen molar-refractivity contribution in [2.24, 2.45) is 0 Å². The van der Waals surface area contributed by atoms with Gasteiger partial charge in [0.15, 0.2) is 0 Å². The van der Waals surface area contributed by atoms with E-state index in [9.17, 15) is 0 Å². The van der Waals surface area contributed by atoms with E-state index < -0.39 is 0 Å². The zero-order valence-corrected chi connectivity index (χ0v) is 10.5. The molecule has 0 bridgehead atoms. The lowest BCUT2D eigenvalue weighted by Gasteiger charge is -2.19. The largest absolute Gasteiger partial charge is 0.383 e. The number of nitrogens with zero attached hydrogens (tertiary/aromatic N) is 1. The molecule has 0 heterocycles. The van der Waals surface area contributed by atoms with Crippen molar-refractivity contribution in [3.8, 4) is 0 Å². The smallest absolute Gasteiger partial charge is 0.0637 e. The van der Waals surface area contributed by atoms with Crippen LogP contribution in [0, 0.1) is 6.92 Å². The molecule has 0 atom stereocenters. The summed E-state index contributed by atoms with van der Waals surface area (Å²) in [5, 5.41) is 0. The number of halogens is 1. The van der Waals surface area contributed by atoms with E-state index in [2.05, 4.69) is 53.0 Å². The molecule has 0 spiro atoms. The number of methoxy groups -OCH3 is 1. The topological polar surface area (TPSA) is 12.5 Å². The quantitative estimate of drug-likeness (QED) is 0.823. The number of likely N-dealkylation sites (N-methyl/N-ethyl adjacent to an activating group) is 1. The highest BCUT2D eigenvalue weighted by Crippen LogP contribution is 2.22. The van der Waals surface area contributed by atoms with Crippen LogP contribution in [0.2, 0.25) is 0 Å². The molecular weight excluding hydrogens is 242 g/mol. The molecule has 0 amide bonds. The number of benzene rings is 1. The minimum atomic E-state index is 0.752. The first-order chi connectivity index (χ1) is 6.65. The fourth-order valence-electron chi connectivity index (χ4n) is 1.18. The summed E-state index contributed by atoms with van der Waals surface area (Å²) < 4.78 is 6.19. The molecule has 3 heteroatoms. The Labute approximate surface area is 94.0 Å². The molecule has 0 aliphatic carbocycles. The first kappa shape index (κ1) is 11.5. The second-order valence-electron chi connectivity index (χ2n) is 3.35. The maximum Gasteiger partial charge on any atom is 0.0637 e. The Bertz CT molecular complexity index is 301. The minimum Gasteiger partial charge on any atom is -0.383 e. The molecule has 14 heavy (non-hydrogen) atoms. The first-order valence-corrected chi connectivity index (χ1v) is 5.40. The van der Waals surface area contributed by atoms with E-state index in [1.54, 1.807) is 7.11 Å². The summed E-state index contributed by atoms with van der Waals surface area (Å²) in [6, 6.07) is 6.36. The van der Waals surface area contributed by atoms with Gasteiger partial charge in [-0.3, -0.25) is 0 Å². The van der Waals surface area contributed by atoms with E-state index in [-0.39, 0.29) is 0 Å². The summed E-state index contributed by atoms with van der Waals surface area (Å²) in [4.78, 5) is 2.17. The van der Waals surface area contributed by atoms with E-state index in [1.165, 1.54) is 11.3 Å². The highest BCUT2D eigenvalue weighted by molar-refractivity contribution is 9.10. The maximum absolute atomic E-state index is 5.03. The van der Waals surface area contributed by atoms with E-state index >= 15 is 0 Å². The number of rotatable bonds is 4. The first-order valence-electron chi connectivity index (χ1n) is 4.61.